The van der Waals surface area contributed by atoms with Gasteiger partial charge in [-0.05, 0) is 62.1 Å². The van der Waals surface area contributed by atoms with Crippen molar-refractivity contribution in [3.63, 3.8) is 0 Å². The molecule has 3 heteroatoms. The van der Waals surface area contributed by atoms with E-state index in [9.17, 15) is 9.90 Å². The second kappa shape index (κ2) is 6.37. The first-order valence-corrected chi connectivity index (χ1v) is 7.47. The molecule has 2 aromatic rings. The van der Waals surface area contributed by atoms with Crippen molar-refractivity contribution in [2.75, 3.05) is 0 Å². The smallest absolute Gasteiger partial charge is 0.208 e. The molecule has 0 saturated carbocycles. The molecule has 0 amide bonds. The number of hydrogen-bond acceptors (Lipinski definition) is 2. The van der Waals surface area contributed by atoms with E-state index in [1.165, 1.54) is 0 Å². The Balaban J connectivity index is 2.42. The molecule has 1 N–H and O–H groups in total. The summed E-state index contributed by atoms with van der Waals surface area (Å²) in [5.41, 5.74) is 5.30. The van der Waals surface area contributed by atoms with Crippen LogP contribution in [0.3, 0.4) is 0 Å². The number of ketones is 1. The molecular formula is C19H19ClO2. The minimum absolute atomic E-state index is 0.161. The third-order valence-electron chi connectivity index (χ3n) is 3.96. The van der Waals surface area contributed by atoms with Crippen LogP contribution in [-0.4, -0.2) is 10.9 Å². The van der Waals surface area contributed by atoms with Gasteiger partial charge in [-0.2, -0.15) is 0 Å². The van der Waals surface area contributed by atoms with Crippen LogP contribution in [0.4, 0.5) is 0 Å². The highest BCUT2D eigenvalue weighted by molar-refractivity contribution is 6.47. The Morgan fingerprint density at radius 1 is 0.818 bits per heavy atom. The van der Waals surface area contributed by atoms with Crippen molar-refractivity contribution >= 4 is 23.1 Å². The zero-order valence-corrected chi connectivity index (χ0v) is 14.0. The fourth-order valence-electron chi connectivity index (χ4n) is 2.13. The number of aliphatic hydroxyl groups excluding tert-OH is 1. The number of rotatable bonds is 3. The Morgan fingerprint density at radius 2 is 1.27 bits per heavy atom. The van der Waals surface area contributed by atoms with Crippen LogP contribution in [0.2, 0.25) is 0 Å². The van der Waals surface area contributed by atoms with Crippen molar-refractivity contribution in [1.82, 2.24) is 0 Å². The van der Waals surface area contributed by atoms with Gasteiger partial charge in [-0.1, -0.05) is 35.9 Å². The minimum Gasteiger partial charge on any atom is -0.506 e. The van der Waals surface area contributed by atoms with Crippen molar-refractivity contribution in [3.8, 4) is 0 Å². The van der Waals surface area contributed by atoms with E-state index >= 15 is 0 Å². The van der Waals surface area contributed by atoms with Gasteiger partial charge in [0.2, 0.25) is 5.78 Å². The van der Waals surface area contributed by atoms with Crippen molar-refractivity contribution in [2.45, 2.75) is 27.7 Å². The molecule has 0 radical (unpaired) electrons. The zero-order chi connectivity index (χ0) is 16.4. The van der Waals surface area contributed by atoms with Gasteiger partial charge in [0.25, 0.3) is 0 Å². The summed E-state index contributed by atoms with van der Waals surface area (Å²) < 4.78 is 0. The molecule has 0 unspecified atom stereocenters. The van der Waals surface area contributed by atoms with Crippen LogP contribution in [0.5, 0.6) is 0 Å². The summed E-state index contributed by atoms with van der Waals surface area (Å²) >= 11 is 6.12. The summed E-state index contributed by atoms with van der Waals surface area (Å²) in [6.07, 6.45) is 0. The van der Waals surface area contributed by atoms with Gasteiger partial charge in [0.15, 0.2) is 0 Å². The van der Waals surface area contributed by atoms with Gasteiger partial charge < -0.3 is 5.11 Å². The van der Waals surface area contributed by atoms with E-state index in [4.69, 9.17) is 11.6 Å². The molecule has 0 atom stereocenters. The Hall–Kier alpha value is -2.06. The third-order valence-corrected chi connectivity index (χ3v) is 4.31. The quantitative estimate of drug-likeness (QED) is 0.476. The van der Waals surface area contributed by atoms with E-state index in [0.29, 0.717) is 11.1 Å². The predicted molar refractivity (Wildman–Crippen MR) is 91.6 cm³/mol. The average Bonchev–Trinajstić information content (AvgIpc) is 2.50. The Bertz CT molecular complexity index is 773. The average molecular weight is 315 g/mol. The number of hydrogen-bond donors (Lipinski definition) is 1. The van der Waals surface area contributed by atoms with E-state index in [1.54, 1.807) is 18.2 Å². The lowest BCUT2D eigenvalue weighted by Crippen LogP contribution is -2.03. The lowest BCUT2D eigenvalue weighted by Gasteiger charge is -2.08. The van der Waals surface area contributed by atoms with Crippen LogP contribution in [0, 0.1) is 27.7 Å². The molecule has 0 aliphatic carbocycles. The summed E-state index contributed by atoms with van der Waals surface area (Å²) in [4.78, 5) is 12.4. The zero-order valence-electron chi connectivity index (χ0n) is 13.2. The minimum atomic E-state index is -0.375. The van der Waals surface area contributed by atoms with E-state index in [0.717, 1.165) is 22.3 Å². The number of benzene rings is 2. The van der Waals surface area contributed by atoms with Crippen LogP contribution in [-0.2, 0) is 0 Å². The topological polar surface area (TPSA) is 37.3 Å². The lowest BCUT2D eigenvalue weighted by molar-refractivity contribution is 0.104. The van der Waals surface area contributed by atoms with Crippen LogP contribution >= 0.6 is 11.6 Å². The maximum absolute atomic E-state index is 12.4. The Kier molecular flexibility index (Phi) is 4.72. The van der Waals surface area contributed by atoms with Crippen LogP contribution in [0.1, 0.15) is 38.2 Å². The van der Waals surface area contributed by atoms with Crippen molar-refractivity contribution in [1.29, 1.82) is 0 Å². The second-order valence-electron chi connectivity index (χ2n) is 5.59. The van der Waals surface area contributed by atoms with E-state index in [-0.39, 0.29) is 16.6 Å². The number of aryl methyl sites for hydroxylation is 4. The molecule has 0 saturated heterocycles. The lowest BCUT2D eigenvalue weighted by atomic mass is 10.0. The fraction of sp³-hybridized carbons (Fsp3) is 0.211. The maximum atomic E-state index is 12.4. The molecule has 0 aromatic heterocycles. The highest BCUT2D eigenvalue weighted by atomic mass is 35.5. The number of allylic oxidation sites excluding steroid dienone is 1. The normalized spacial score (nSPS) is 12.0. The number of Topliss-reactive ketones (excluding diaryl/α,β-unsaturated/α-hetero) is 1. The van der Waals surface area contributed by atoms with Crippen molar-refractivity contribution in [2.24, 2.45) is 0 Å². The van der Waals surface area contributed by atoms with E-state index < -0.39 is 0 Å². The van der Waals surface area contributed by atoms with Crippen LogP contribution < -0.4 is 0 Å². The Morgan fingerprint density at radius 3 is 1.77 bits per heavy atom. The molecular weight excluding hydrogens is 296 g/mol. The highest BCUT2D eigenvalue weighted by Gasteiger charge is 2.17. The molecule has 0 heterocycles. The molecule has 114 valence electrons. The van der Waals surface area contributed by atoms with Gasteiger partial charge in [0.05, 0.1) is 0 Å². The van der Waals surface area contributed by atoms with Crippen molar-refractivity contribution in [3.05, 3.63) is 74.8 Å². The second-order valence-corrected chi connectivity index (χ2v) is 5.97. The third kappa shape index (κ3) is 3.23. The largest absolute Gasteiger partial charge is 0.506 e. The van der Waals surface area contributed by atoms with Crippen LogP contribution in [0.25, 0.3) is 5.76 Å². The molecule has 2 rings (SSSR count). The summed E-state index contributed by atoms with van der Waals surface area (Å²) in [5.74, 6) is -0.562. The van der Waals surface area contributed by atoms with E-state index in [1.807, 2.05) is 45.9 Å². The van der Waals surface area contributed by atoms with Crippen molar-refractivity contribution < 1.29 is 9.90 Å². The number of carbonyl (C=O) groups excluding carboxylic acids is 1. The number of carbonyl (C=O) groups is 1. The number of aliphatic hydroxyl groups is 1. The Labute approximate surface area is 136 Å². The summed E-state index contributed by atoms with van der Waals surface area (Å²) in [6.45, 7) is 7.85. The predicted octanol–water partition coefficient (Wildman–Crippen LogP) is 5.27. The standard InChI is InChI=1S/C19H19ClO2/c1-11-5-7-15(9-13(11)3)18(21)17(20)19(22)16-8-6-12(2)14(4)10-16/h5-10,21H,1-4H3. The molecule has 2 nitrogen and oxygen atoms in total. The molecule has 22 heavy (non-hydrogen) atoms. The molecule has 0 bridgehead atoms. The summed E-state index contributed by atoms with van der Waals surface area (Å²) in [6, 6.07) is 10.9. The van der Waals surface area contributed by atoms with Gasteiger partial charge >= 0.3 is 0 Å². The first kappa shape index (κ1) is 16.3. The van der Waals surface area contributed by atoms with Gasteiger partial charge in [-0.25, -0.2) is 0 Å². The SMILES string of the molecule is Cc1ccc(C(=O)C(Cl)=C(O)c2ccc(C)c(C)c2)cc1C. The van der Waals surface area contributed by atoms with E-state index in [2.05, 4.69) is 0 Å². The number of halogens is 1. The van der Waals surface area contributed by atoms with Gasteiger partial charge in [-0.3, -0.25) is 4.79 Å². The molecule has 2 aromatic carbocycles. The maximum Gasteiger partial charge on any atom is 0.208 e. The van der Waals surface area contributed by atoms with Gasteiger partial charge in [-0.15, -0.1) is 0 Å². The van der Waals surface area contributed by atoms with Gasteiger partial charge in [0, 0.05) is 11.1 Å². The highest BCUT2D eigenvalue weighted by Crippen LogP contribution is 2.25. The first-order chi connectivity index (χ1) is 10.3. The van der Waals surface area contributed by atoms with Crippen LogP contribution in [0.15, 0.2) is 41.4 Å². The monoisotopic (exact) mass is 314 g/mol. The molecule has 0 aliphatic heterocycles. The van der Waals surface area contributed by atoms with Gasteiger partial charge in [0.1, 0.15) is 10.8 Å². The molecule has 0 spiro atoms. The summed E-state index contributed by atoms with van der Waals surface area (Å²) in [7, 11) is 0. The first-order valence-electron chi connectivity index (χ1n) is 7.09. The summed E-state index contributed by atoms with van der Waals surface area (Å²) in [5, 5.41) is 10.1. The molecule has 0 aliphatic rings. The molecule has 0 fully saturated rings. The fourth-order valence-corrected chi connectivity index (χ4v) is 2.35.